The van der Waals surface area contributed by atoms with Crippen LogP contribution in [0, 0.1) is 0 Å². The number of benzene rings is 11. The summed E-state index contributed by atoms with van der Waals surface area (Å²) in [5.74, 6) is 0. The van der Waals surface area contributed by atoms with Crippen LogP contribution in [0.25, 0.3) is 57.9 Å². The summed E-state index contributed by atoms with van der Waals surface area (Å²) in [6, 6.07) is 89.7. The Morgan fingerprint density at radius 1 is 0.354 bits per heavy atom. The van der Waals surface area contributed by atoms with Crippen molar-refractivity contribution >= 4 is 137 Å². The quantitative estimate of drug-likeness (QED) is 0.133. The van der Waals surface area contributed by atoms with E-state index in [1.807, 2.05) is 0 Å². The molecule has 0 bridgehead atoms. The Morgan fingerprint density at radius 2 is 0.734 bits per heavy atom. The zero-order chi connectivity index (χ0) is 53.1. The third-order valence-corrected chi connectivity index (χ3v) is 27.6. The highest BCUT2D eigenvalue weighted by Gasteiger charge is 2.34. The topological polar surface area (TPSA) is 0 Å². The highest BCUT2D eigenvalue weighted by molar-refractivity contribution is 6.97. The van der Waals surface area contributed by atoms with Crippen molar-refractivity contribution in [2.45, 2.75) is 46.6 Å². The molecule has 4 heteroatoms. The smallest absolute Gasteiger partial charge is 0.158 e. The summed E-state index contributed by atoms with van der Waals surface area (Å²) in [5, 5.41) is 17.3. The zero-order valence-electron chi connectivity index (χ0n) is 45.6. The second-order valence-electron chi connectivity index (χ2n) is 22.3. The average Bonchev–Trinajstić information content (AvgIpc) is 4.28. The Balaban J connectivity index is 0.000000144. The molecule has 15 rings (SSSR count). The number of fused-ring (bicyclic) bond motifs is 12. The zero-order valence-corrected chi connectivity index (χ0v) is 50.6. The molecule has 4 aliphatic carbocycles. The number of hydrogen-bond acceptors (Lipinski definition) is 0. The molecule has 0 N–H and O–H groups in total. The molecule has 0 fully saturated rings. The fourth-order valence-electron chi connectivity index (χ4n) is 13.9. The normalized spacial score (nSPS) is 14.7. The van der Waals surface area contributed by atoms with E-state index in [-0.39, 0.29) is 9.13 Å². The van der Waals surface area contributed by atoms with Crippen LogP contribution in [0.2, 0.25) is 0 Å². The van der Waals surface area contributed by atoms with Crippen LogP contribution in [0.3, 0.4) is 0 Å². The third kappa shape index (κ3) is 9.02. The van der Waals surface area contributed by atoms with Gasteiger partial charge in [0.1, 0.15) is 0 Å². The van der Waals surface area contributed by atoms with Gasteiger partial charge in [-0.15, -0.1) is 0 Å². The van der Waals surface area contributed by atoms with Gasteiger partial charge in [0.2, 0.25) is 0 Å². The van der Waals surface area contributed by atoms with Crippen LogP contribution in [-0.4, -0.2) is 68.6 Å². The maximum absolute atomic E-state index is 2.44. The summed E-state index contributed by atoms with van der Waals surface area (Å²) in [6.07, 6.45) is 2.18. The van der Waals surface area contributed by atoms with Crippen LogP contribution in [0.15, 0.2) is 259 Å². The maximum atomic E-state index is 2.44. The van der Waals surface area contributed by atoms with Crippen LogP contribution < -0.4 is 10.4 Å². The van der Waals surface area contributed by atoms with Gasteiger partial charge in [0.15, 0.2) is 0 Å². The molecular weight excluding hydrogens is 1010 g/mol. The van der Waals surface area contributed by atoms with Gasteiger partial charge in [-0.05, 0) is 160 Å². The lowest BCUT2D eigenvalue weighted by Crippen LogP contribution is -2.40. The first-order valence-electron chi connectivity index (χ1n) is 28.3. The van der Waals surface area contributed by atoms with E-state index in [1.54, 1.807) is 53.0 Å². The Hall–Kier alpha value is -6.87. The molecule has 0 saturated heterocycles. The van der Waals surface area contributed by atoms with E-state index in [0.717, 1.165) is 12.8 Å². The van der Waals surface area contributed by atoms with Gasteiger partial charge in [-0.2, -0.15) is 14.8 Å². The minimum absolute atomic E-state index is 0.176. The van der Waals surface area contributed by atoms with E-state index in [9.17, 15) is 0 Å². The van der Waals surface area contributed by atoms with Crippen molar-refractivity contribution in [3.8, 4) is 0 Å². The Bertz CT molecular complexity index is 4470. The van der Waals surface area contributed by atoms with Crippen LogP contribution in [0.1, 0.15) is 77.8 Å². The lowest BCUT2D eigenvalue weighted by atomic mass is 10.0. The van der Waals surface area contributed by atoms with Gasteiger partial charge in [-0.25, -0.2) is 0 Å². The SMILES string of the molecule is CC1=[C]([Mg][C]2=C(C)C(=[SiH]Cc3ccccc3)c3ccc4ccccc4c32)c2c(ccc3ccccc23)C1.CC1=[C]([Mg][C]2=C(C)C(=[Si](c3ccccc3)c3ccccc3)c3ccc4ccccc4c32)c2c(ccc3ccccc23)C1. The van der Waals surface area contributed by atoms with Crippen molar-refractivity contribution in [1.29, 1.82) is 0 Å². The molecule has 0 heterocycles. The van der Waals surface area contributed by atoms with Gasteiger partial charge < -0.3 is 0 Å². The molecular formula is C75H58Mg2Si2. The van der Waals surface area contributed by atoms with Gasteiger partial charge in [0.25, 0.3) is 0 Å². The van der Waals surface area contributed by atoms with Crippen molar-refractivity contribution in [2.24, 2.45) is 0 Å². The summed E-state index contributed by atoms with van der Waals surface area (Å²) in [4.78, 5) is 0. The molecule has 0 amide bonds. The average molecular weight is 1060 g/mol. The minimum Gasteiger partial charge on any atom is -0.158 e. The lowest BCUT2D eigenvalue weighted by molar-refractivity contribution is 1.20. The Morgan fingerprint density at radius 3 is 1.22 bits per heavy atom. The molecule has 4 aliphatic rings. The van der Waals surface area contributed by atoms with Gasteiger partial charge in [0, 0.05) is 9.13 Å². The first kappa shape index (κ1) is 50.4. The van der Waals surface area contributed by atoms with Gasteiger partial charge in [-0.3, -0.25) is 0 Å². The standard InChI is InChI=1S/C26H19Si.C21H17Si.2C14H11.2Mg/c1-19-18-25-23-15-9-8-10-20(23)16-17-24(25)26(19)27(21-11-4-2-5-12-21)22-13-6-3-7-14-22;1-15-13-20-18-10-6-5-9-17(18)11-12-19(20)21(15)22-14-16-7-3-2-4-8-16;2*1-10-8-12-7-6-11-4-2-3-5-13(11)14(12)9-10;;/h2-17H,1H3;2-12,22H,14H2,1H3;2*2-7H,8H2,1H3;;. The van der Waals surface area contributed by atoms with E-state index in [4.69, 9.17) is 0 Å². The van der Waals surface area contributed by atoms with E-state index < -0.39 is 49.1 Å². The van der Waals surface area contributed by atoms with Gasteiger partial charge in [-0.1, -0.05) is 259 Å². The van der Waals surface area contributed by atoms with Crippen molar-refractivity contribution in [2.75, 3.05) is 0 Å². The highest BCUT2D eigenvalue weighted by Crippen LogP contribution is 2.46. The second-order valence-corrected chi connectivity index (χ2v) is 29.6. The van der Waals surface area contributed by atoms with E-state index in [2.05, 4.69) is 264 Å². The van der Waals surface area contributed by atoms with Crippen LogP contribution in [0.4, 0.5) is 0 Å². The van der Waals surface area contributed by atoms with Crippen molar-refractivity contribution in [3.63, 3.8) is 0 Å². The fourth-order valence-corrected chi connectivity index (χ4v) is 23.7. The molecule has 0 spiro atoms. The minimum atomic E-state index is -1.21. The number of allylic oxidation sites excluding steroid dienone is 4. The summed E-state index contributed by atoms with van der Waals surface area (Å²) in [5.41, 5.74) is 19.9. The molecule has 11 aromatic rings. The molecule has 370 valence electrons. The summed E-state index contributed by atoms with van der Waals surface area (Å²) in [6.45, 7) is 9.65. The molecule has 0 unspecified atom stereocenters. The molecule has 0 atom stereocenters. The van der Waals surface area contributed by atoms with Crippen LogP contribution in [-0.2, 0) is 18.9 Å². The molecule has 0 nitrogen and oxygen atoms in total. The van der Waals surface area contributed by atoms with Crippen LogP contribution >= 0.6 is 0 Å². The second kappa shape index (κ2) is 21.3. The van der Waals surface area contributed by atoms with Crippen molar-refractivity contribution < 1.29 is 0 Å². The Labute approximate surface area is 488 Å². The van der Waals surface area contributed by atoms with Gasteiger partial charge >= 0.3 is 40.7 Å². The monoisotopic (exact) mass is 1060 g/mol. The summed E-state index contributed by atoms with van der Waals surface area (Å²) < 4.78 is 6.66. The van der Waals surface area contributed by atoms with Crippen LogP contribution in [0.5, 0.6) is 0 Å². The van der Waals surface area contributed by atoms with E-state index in [1.165, 1.54) is 104 Å². The molecule has 0 saturated carbocycles. The predicted octanol–water partition coefficient (Wildman–Crippen LogP) is 15.4. The Kier molecular flexibility index (Phi) is 13.6. The maximum Gasteiger partial charge on any atom is 0.452 e. The van der Waals surface area contributed by atoms with Crippen molar-refractivity contribution in [3.05, 3.63) is 309 Å². The molecule has 11 aromatic carbocycles. The summed E-state index contributed by atoms with van der Waals surface area (Å²) in [7, 11) is -1.04. The van der Waals surface area contributed by atoms with E-state index in [0.29, 0.717) is 0 Å². The molecule has 0 aliphatic heterocycles. The molecule has 0 radical (unpaired) electrons. The number of rotatable bonds is 8. The lowest BCUT2D eigenvalue weighted by Gasteiger charge is -2.15. The third-order valence-electron chi connectivity index (χ3n) is 17.7. The predicted molar refractivity (Wildman–Crippen MR) is 349 cm³/mol. The molecule has 79 heavy (non-hydrogen) atoms. The fraction of sp³-hybridized carbons (Fsp3) is 0.0933. The van der Waals surface area contributed by atoms with Crippen molar-refractivity contribution in [1.82, 2.24) is 0 Å². The first-order chi connectivity index (χ1) is 38.9. The first-order valence-corrected chi connectivity index (χ1v) is 34.0. The molecule has 0 aromatic heterocycles. The van der Waals surface area contributed by atoms with E-state index >= 15 is 0 Å². The number of hydrogen-bond donors (Lipinski definition) is 0. The van der Waals surface area contributed by atoms with Gasteiger partial charge in [0.05, 0.1) is 8.41 Å². The highest BCUT2D eigenvalue weighted by atomic mass is 28.2. The largest absolute Gasteiger partial charge is 0.452 e. The summed E-state index contributed by atoms with van der Waals surface area (Å²) >= 11 is -1.48.